The van der Waals surface area contributed by atoms with Crippen LogP contribution in [0.5, 0.6) is 0 Å². The lowest BCUT2D eigenvalue weighted by Gasteiger charge is -2.32. The van der Waals surface area contributed by atoms with Gasteiger partial charge in [0, 0.05) is 24.8 Å². The van der Waals surface area contributed by atoms with E-state index in [4.69, 9.17) is 4.74 Å². The fraction of sp³-hybridized carbons (Fsp3) is 0.350. The Hall–Kier alpha value is -2.17. The molecule has 0 saturated carbocycles. The summed E-state index contributed by atoms with van der Waals surface area (Å²) in [6.45, 7) is 5.89. The maximum absolute atomic E-state index is 11.5. The van der Waals surface area contributed by atoms with E-state index in [2.05, 4.69) is 53.5 Å². The van der Waals surface area contributed by atoms with E-state index in [9.17, 15) is 4.79 Å². The molecule has 2 aromatic rings. The van der Waals surface area contributed by atoms with Crippen molar-refractivity contribution in [3.05, 3.63) is 53.6 Å². The van der Waals surface area contributed by atoms with Gasteiger partial charge in [-0.2, -0.15) is 0 Å². The van der Waals surface area contributed by atoms with Gasteiger partial charge in [-0.1, -0.05) is 36.4 Å². The lowest BCUT2D eigenvalue weighted by molar-refractivity contribution is -0.115. The van der Waals surface area contributed by atoms with Gasteiger partial charge in [-0.15, -0.1) is 0 Å². The number of hydrogen-bond acceptors (Lipinski definition) is 3. The number of nitrogens with one attached hydrogen (secondary N) is 1. The number of anilines is 1. The van der Waals surface area contributed by atoms with Crippen LogP contribution in [0.3, 0.4) is 0 Å². The average molecular weight is 322 g/mol. The lowest BCUT2D eigenvalue weighted by Crippen LogP contribution is -2.37. The molecule has 24 heavy (non-hydrogen) atoms. The van der Waals surface area contributed by atoms with E-state index in [1.54, 1.807) is 0 Å². The molecule has 2 aliphatic heterocycles. The summed E-state index contributed by atoms with van der Waals surface area (Å²) in [5, 5.41) is 2.92. The van der Waals surface area contributed by atoms with Gasteiger partial charge in [0.15, 0.2) is 0 Å². The zero-order valence-corrected chi connectivity index (χ0v) is 13.9. The summed E-state index contributed by atoms with van der Waals surface area (Å²) in [6.07, 6.45) is 0.492. The number of hydrogen-bond donors (Lipinski definition) is 1. The number of morpholine rings is 1. The Labute approximate surface area is 142 Å². The first-order valence-corrected chi connectivity index (χ1v) is 8.55. The molecule has 2 aliphatic rings. The molecule has 4 rings (SSSR count). The second kappa shape index (κ2) is 6.38. The molecule has 0 radical (unpaired) electrons. The van der Waals surface area contributed by atoms with Crippen LogP contribution in [-0.2, 0) is 16.0 Å². The summed E-state index contributed by atoms with van der Waals surface area (Å²) < 4.78 is 5.44. The van der Waals surface area contributed by atoms with Gasteiger partial charge in [-0.3, -0.25) is 9.69 Å². The standard InChI is InChI=1S/C20H22N2O2/c1-14(22-8-10-24-11-9-22)15-2-4-16(5-3-15)17-6-7-18-13-20(23)21-19(18)12-17/h2-7,12,14H,8-11,13H2,1H3,(H,21,23). The van der Waals surface area contributed by atoms with Crippen LogP contribution in [0.2, 0.25) is 0 Å². The minimum Gasteiger partial charge on any atom is -0.379 e. The number of amides is 1. The van der Waals surface area contributed by atoms with Crippen molar-refractivity contribution in [2.24, 2.45) is 0 Å². The van der Waals surface area contributed by atoms with E-state index in [1.807, 2.05) is 6.07 Å². The van der Waals surface area contributed by atoms with Crippen molar-refractivity contribution >= 4 is 11.6 Å². The highest BCUT2D eigenvalue weighted by molar-refractivity contribution is 5.99. The third kappa shape index (κ3) is 2.95. The van der Waals surface area contributed by atoms with Crippen LogP contribution in [0.25, 0.3) is 11.1 Å². The quantitative estimate of drug-likeness (QED) is 0.943. The molecule has 0 aliphatic carbocycles. The van der Waals surface area contributed by atoms with Crippen LogP contribution < -0.4 is 5.32 Å². The molecular weight excluding hydrogens is 300 g/mol. The third-order valence-electron chi connectivity index (χ3n) is 5.05. The Morgan fingerprint density at radius 1 is 1.04 bits per heavy atom. The molecule has 0 aromatic heterocycles. The summed E-state index contributed by atoms with van der Waals surface area (Å²) in [7, 11) is 0. The van der Waals surface area contributed by atoms with Gasteiger partial charge >= 0.3 is 0 Å². The number of carbonyl (C=O) groups excluding carboxylic acids is 1. The van der Waals surface area contributed by atoms with Crippen LogP contribution in [0.1, 0.15) is 24.1 Å². The van der Waals surface area contributed by atoms with Crippen molar-refractivity contribution < 1.29 is 9.53 Å². The molecule has 1 amide bonds. The van der Waals surface area contributed by atoms with Gasteiger partial charge < -0.3 is 10.1 Å². The van der Waals surface area contributed by atoms with E-state index < -0.39 is 0 Å². The maximum Gasteiger partial charge on any atom is 0.228 e. The van der Waals surface area contributed by atoms with E-state index in [0.717, 1.165) is 43.1 Å². The maximum atomic E-state index is 11.5. The Morgan fingerprint density at radius 3 is 2.50 bits per heavy atom. The Bertz CT molecular complexity index is 749. The van der Waals surface area contributed by atoms with E-state index in [0.29, 0.717) is 12.5 Å². The molecule has 1 fully saturated rings. The van der Waals surface area contributed by atoms with Crippen molar-refractivity contribution in [3.8, 4) is 11.1 Å². The minimum absolute atomic E-state index is 0.0804. The fourth-order valence-electron chi connectivity index (χ4n) is 3.52. The minimum atomic E-state index is 0.0804. The monoisotopic (exact) mass is 322 g/mol. The lowest BCUT2D eigenvalue weighted by atomic mass is 9.99. The number of carbonyl (C=O) groups is 1. The van der Waals surface area contributed by atoms with Gasteiger partial charge in [0.1, 0.15) is 0 Å². The fourth-order valence-corrected chi connectivity index (χ4v) is 3.52. The summed E-state index contributed by atoms with van der Waals surface area (Å²) in [5.74, 6) is 0.0804. The smallest absolute Gasteiger partial charge is 0.228 e. The van der Waals surface area contributed by atoms with E-state index in [-0.39, 0.29) is 5.91 Å². The average Bonchev–Trinajstić information content (AvgIpc) is 3.01. The van der Waals surface area contributed by atoms with Gasteiger partial charge in [0.2, 0.25) is 5.91 Å². The van der Waals surface area contributed by atoms with Crippen LogP contribution in [0.15, 0.2) is 42.5 Å². The molecule has 0 spiro atoms. The molecule has 1 atom stereocenters. The summed E-state index contributed by atoms with van der Waals surface area (Å²) in [4.78, 5) is 14.0. The summed E-state index contributed by atoms with van der Waals surface area (Å²) >= 11 is 0. The summed E-state index contributed by atoms with van der Waals surface area (Å²) in [6, 6.07) is 15.4. The Morgan fingerprint density at radius 2 is 1.75 bits per heavy atom. The zero-order chi connectivity index (χ0) is 16.5. The number of nitrogens with zero attached hydrogens (tertiary/aromatic N) is 1. The van der Waals surface area contributed by atoms with Crippen molar-refractivity contribution in [3.63, 3.8) is 0 Å². The molecule has 1 unspecified atom stereocenters. The van der Waals surface area contributed by atoms with Crippen LogP contribution in [-0.4, -0.2) is 37.1 Å². The highest BCUT2D eigenvalue weighted by Gasteiger charge is 2.19. The highest BCUT2D eigenvalue weighted by atomic mass is 16.5. The number of ether oxygens (including phenoxy) is 1. The molecule has 2 heterocycles. The third-order valence-corrected chi connectivity index (χ3v) is 5.05. The zero-order valence-electron chi connectivity index (χ0n) is 13.9. The molecule has 2 aromatic carbocycles. The first-order chi connectivity index (χ1) is 11.7. The molecule has 1 saturated heterocycles. The van der Waals surface area contributed by atoms with Crippen LogP contribution in [0.4, 0.5) is 5.69 Å². The second-order valence-electron chi connectivity index (χ2n) is 6.54. The number of benzene rings is 2. The Kier molecular flexibility index (Phi) is 4.08. The molecule has 4 nitrogen and oxygen atoms in total. The largest absolute Gasteiger partial charge is 0.379 e. The molecule has 124 valence electrons. The number of fused-ring (bicyclic) bond motifs is 1. The normalized spacial score (nSPS) is 19.0. The molecule has 1 N–H and O–H groups in total. The van der Waals surface area contributed by atoms with Crippen LogP contribution >= 0.6 is 0 Å². The van der Waals surface area contributed by atoms with E-state index in [1.165, 1.54) is 11.1 Å². The van der Waals surface area contributed by atoms with Gasteiger partial charge in [0.05, 0.1) is 19.6 Å². The molecule has 4 heteroatoms. The van der Waals surface area contributed by atoms with E-state index >= 15 is 0 Å². The predicted octanol–water partition coefficient (Wildman–Crippen LogP) is 3.24. The summed E-state index contributed by atoms with van der Waals surface area (Å²) in [5.41, 5.74) is 5.68. The molecular formula is C20H22N2O2. The second-order valence-corrected chi connectivity index (χ2v) is 6.54. The van der Waals surface area contributed by atoms with Crippen molar-refractivity contribution in [2.45, 2.75) is 19.4 Å². The predicted molar refractivity (Wildman–Crippen MR) is 95.0 cm³/mol. The SMILES string of the molecule is CC(c1ccc(-c2ccc3c(c2)NC(=O)C3)cc1)N1CCOCC1. The van der Waals surface area contributed by atoms with Crippen molar-refractivity contribution in [2.75, 3.05) is 31.6 Å². The topological polar surface area (TPSA) is 41.6 Å². The Balaban J connectivity index is 1.53. The van der Waals surface area contributed by atoms with Crippen LogP contribution in [0, 0.1) is 0 Å². The molecule has 0 bridgehead atoms. The van der Waals surface area contributed by atoms with Gasteiger partial charge in [0.25, 0.3) is 0 Å². The highest BCUT2D eigenvalue weighted by Crippen LogP contribution is 2.30. The first-order valence-electron chi connectivity index (χ1n) is 8.55. The van der Waals surface area contributed by atoms with Crippen molar-refractivity contribution in [1.82, 2.24) is 4.90 Å². The van der Waals surface area contributed by atoms with Crippen molar-refractivity contribution in [1.29, 1.82) is 0 Å². The first kappa shape index (κ1) is 15.4. The number of rotatable bonds is 3. The van der Waals surface area contributed by atoms with Gasteiger partial charge in [-0.05, 0) is 35.2 Å². The van der Waals surface area contributed by atoms with Gasteiger partial charge in [-0.25, -0.2) is 0 Å².